The summed E-state index contributed by atoms with van der Waals surface area (Å²) in [6.07, 6.45) is 2.42. The maximum Gasteiger partial charge on any atom is 0.230 e. The number of hydrogen-bond donors (Lipinski definition) is 1. The van der Waals surface area contributed by atoms with Gasteiger partial charge in [0.05, 0.1) is 23.2 Å². The monoisotopic (exact) mass is 210 g/mol. The van der Waals surface area contributed by atoms with Gasteiger partial charge in [-0.25, -0.2) is 0 Å². The number of β-lactam (4-membered cyclic amide) rings is 1. The zero-order chi connectivity index (χ0) is 9.54. The lowest BCUT2D eigenvalue weighted by Gasteiger charge is -2.41. The first-order valence-electron chi connectivity index (χ1n) is 4.63. The Kier molecular flexibility index (Phi) is 1.76. The molecule has 1 unspecified atom stereocenters. The third-order valence-corrected chi connectivity index (χ3v) is 4.11. The first-order chi connectivity index (χ1) is 6.86. The fourth-order valence-corrected chi connectivity index (χ4v) is 3.43. The Bertz CT molecular complexity index is 352. The van der Waals surface area contributed by atoms with E-state index in [4.69, 9.17) is 0 Å². The smallest absolute Gasteiger partial charge is 0.230 e. The van der Waals surface area contributed by atoms with Crippen molar-refractivity contribution in [2.45, 2.75) is 11.8 Å². The zero-order valence-corrected chi connectivity index (χ0v) is 8.33. The van der Waals surface area contributed by atoms with E-state index in [1.165, 1.54) is 0 Å². The predicted octanol–water partition coefficient (Wildman–Crippen LogP) is -0.122. The number of aromatic nitrogens is 3. The van der Waals surface area contributed by atoms with Crippen molar-refractivity contribution in [3.8, 4) is 0 Å². The molecule has 2 fully saturated rings. The highest BCUT2D eigenvalue weighted by Crippen LogP contribution is 2.41. The molecule has 0 radical (unpaired) electrons. The summed E-state index contributed by atoms with van der Waals surface area (Å²) in [4.78, 5) is 13.6. The molecule has 0 bridgehead atoms. The van der Waals surface area contributed by atoms with E-state index in [1.54, 1.807) is 6.20 Å². The molecule has 0 spiro atoms. The topological polar surface area (TPSA) is 61.9 Å². The molecule has 1 aromatic heterocycles. The van der Waals surface area contributed by atoms with Crippen molar-refractivity contribution in [1.29, 1.82) is 0 Å². The van der Waals surface area contributed by atoms with Crippen LogP contribution in [-0.2, 0) is 11.2 Å². The molecule has 5 nitrogen and oxygen atoms in total. The van der Waals surface area contributed by atoms with E-state index < -0.39 is 0 Å². The molecular weight excluding hydrogens is 200 g/mol. The first kappa shape index (κ1) is 8.28. The minimum atomic E-state index is 0.132. The van der Waals surface area contributed by atoms with Gasteiger partial charge in [0.25, 0.3) is 0 Å². The van der Waals surface area contributed by atoms with E-state index in [0.717, 1.165) is 24.4 Å². The van der Waals surface area contributed by atoms with Crippen LogP contribution in [0.2, 0.25) is 0 Å². The highest BCUT2D eigenvalue weighted by molar-refractivity contribution is 8.00. The molecule has 14 heavy (non-hydrogen) atoms. The Labute approximate surface area is 85.2 Å². The Morgan fingerprint density at radius 1 is 1.71 bits per heavy atom. The number of carbonyl (C=O) groups excluding carboxylic acids is 1. The molecule has 2 aliphatic heterocycles. The maximum atomic E-state index is 11.6. The van der Waals surface area contributed by atoms with Crippen LogP contribution in [0, 0.1) is 5.92 Å². The van der Waals surface area contributed by atoms with Crippen molar-refractivity contribution in [3.63, 3.8) is 0 Å². The summed E-state index contributed by atoms with van der Waals surface area (Å²) >= 11 is 1.87. The molecule has 0 aliphatic carbocycles. The van der Waals surface area contributed by atoms with Crippen LogP contribution in [0.4, 0.5) is 0 Å². The zero-order valence-electron chi connectivity index (χ0n) is 7.51. The molecule has 74 valence electrons. The van der Waals surface area contributed by atoms with Crippen molar-refractivity contribution < 1.29 is 4.79 Å². The van der Waals surface area contributed by atoms with E-state index in [0.29, 0.717) is 5.37 Å². The van der Waals surface area contributed by atoms with Gasteiger partial charge in [-0.05, 0) is 0 Å². The van der Waals surface area contributed by atoms with Crippen LogP contribution in [0.3, 0.4) is 0 Å². The van der Waals surface area contributed by atoms with Crippen molar-refractivity contribution in [1.82, 2.24) is 20.3 Å². The number of thioether (sulfide) groups is 1. The highest BCUT2D eigenvalue weighted by atomic mass is 32.2. The van der Waals surface area contributed by atoms with Gasteiger partial charge in [0.15, 0.2) is 0 Å². The molecule has 2 aliphatic rings. The van der Waals surface area contributed by atoms with E-state index >= 15 is 0 Å². The second-order valence-corrected chi connectivity index (χ2v) is 4.79. The number of nitrogens with zero attached hydrogens (tertiary/aromatic N) is 3. The minimum Gasteiger partial charge on any atom is -0.329 e. The van der Waals surface area contributed by atoms with Crippen LogP contribution < -0.4 is 0 Å². The third-order valence-electron chi connectivity index (χ3n) is 2.77. The molecule has 6 heteroatoms. The number of H-pyrrole nitrogens is 1. The van der Waals surface area contributed by atoms with Gasteiger partial charge >= 0.3 is 0 Å². The molecule has 2 saturated heterocycles. The summed E-state index contributed by atoms with van der Waals surface area (Å²) in [5.41, 5.74) is 0.885. The van der Waals surface area contributed by atoms with Crippen molar-refractivity contribution in [2.24, 2.45) is 5.92 Å². The lowest BCUT2D eigenvalue weighted by Crippen LogP contribution is -2.57. The van der Waals surface area contributed by atoms with Gasteiger partial charge < -0.3 is 4.90 Å². The molecule has 1 amide bonds. The van der Waals surface area contributed by atoms with Gasteiger partial charge in [0.2, 0.25) is 5.91 Å². The standard InChI is InChI=1S/C8H10N4OS/c13-7-6(3-5-4-9-11-10-5)8-12(7)1-2-14-8/h4,6,8H,1-3H2,(H,9,10,11)/t6?,8-/m0/s1. The van der Waals surface area contributed by atoms with Crippen LogP contribution >= 0.6 is 11.8 Å². The third kappa shape index (κ3) is 1.06. The first-order valence-corrected chi connectivity index (χ1v) is 5.68. The van der Waals surface area contributed by atoms with E-state index in [-0.39, 0.29) is 11.8 Å². The predicted molar refractivity (Wildman–Crippen MR) is 51.5 cm³/mol. The normalized spacial score (nSPS) is 30.3. The average Bonchev–Trinajstić information content (AvgIpc) is 2.83. The van der Waals surface area contributed by atoms with Crippen LogP contribution in [0.1, 0.15) is 5.69 Å². The average molecular weight is 210 g/mol. The Hall–Kier alpha value is -1.04. The second-order valence-electron chi connectivity index (χ2n) is 3.56. The number of carbonyl (C=O) groups is 1. The van der Waals surface area contributed by atoms with Crippen LogP contribution in [0.5, 0.6) is 0 Å². The summed E-state index contributed by atoms with van der Waals surface area (Å²) in [5, 5.41) is 10.7. The number of fused-ring (bicyclic) bond motifs is 1. The largest absolute Gasteiger partial charge is 0.329 e. The fourth-order valence-electron chi connectivity index (χ4n) is 2.05. The van der Waals surface area contributed by atoms with Crippen LogP contribution in [-0.4, -0.2) is 43.9 Å². The number of aromatic amines is 1. The fraction of sp³-hybridized carbons (Fsp3) is 0.625. The molecule has 1 N–H and O–H groups in total. The quantitative estimate of drug-likeness (QED) is 0.691. The number of rotatable bonds is 2. The van der Waals surface area contributed by atoms with Crippen LogP contribution in [0.25, 0.3) is 0 Å². The summed E-state index contributed by atoms with van der Waals surface area (Å²) < 4.78 is 0. The number of nitrogens with one attached hydrogen (secondary N) is 1. The second kappa shape index (κ2) is 2.98. The molecule has 3 heterocycles. The summed E-state index contributed by atoms with van der Waals surface area (Å²) in [7, 11) is 0. The van der Waals surface area contributed by atoms with Gasteiger partial charge in [-0.2, -0.15) is 15.4 Å². The Morgan fingerprint density at radius 2 is 2.64 bits per heavy atom. The summed E-state index contributed by atoms with van der Waals surface area (Å²) in [6.45, 7) is 0.920. The molecule has 2 atom stereocenters. The van der Waals surface area contributed by atoms with Gasteiger partial charge in [-0.15, -0.1) is 11.8 Å². The highest BCUT2D eigenvalue weighted by Gasteiger charge is 2.50. The molecule has 0 aromatic carbocycles. The Morgan fingerprint density at radius 3 is 3.43 bits per heavy atom. The van der Waals surface area contributed by atoms with Gasteiger partial charge in [-0.1, -0.05) is 0 Å². The van der Waals surface area contributed by atoms with Gasteiger partial charge in [0.1, 0.15) is 0 Å². The summed E-state index contributed by atoms with van der Waals surface area (Å²) in [6, 6.07) is 0. The van der Waals surface area contributed by atoms with Gasteiger partial charge in [0, 0.05) is 18.7 Å². The molecule has 0 saturated carbocycles. The lowest BCUT2D eigenvalue weighted by atomic mass is 9.93. The van der Waals surface area contributed by atoms with Crippen molar-refractivity contribution >= 4 is 17.7 Å². The van der Waals surface area contributed by atoms with E-state index in [9.17, 15) is 4.79 Å². The van der Waals surface area contributed by atoms with Crippen molar-refractivity contribution in [2.75, 3.05) is 12.3 Å². The SMILES string of the molecule is O=C1C(Cc2cn[nH]n2)[C@@H]2SCCN12. The van der Waals surface area contributed by atoms with Crippen molar-refractivity contribution in [3.05, 3.63) is 11.9 Å². The number of hydrogen-bond acceptors (Lipinski definition) is 4. The summed E-state index contributed by atoms with van der Waals surface area (Å²) in [5.74, 6) is 1.49. The van der Waals surface area contributed by atoms with E-state index in [1.807, 2.05) is 16.7 Å². The molecular formula is C8H10N4OS. The molecule has 3 rings (SSSR count). The van der Waals surface area contributed by atoms with Gasteiger partial charge in [-0.3, -0.25) is 4.79 Å². The van der Waals surface area contributed by atoms with Crippen LogP contribution in [0.15, 0.2) is 6.20 Å². The Balaban J connectivity index is 1.72. The van der Waals surface area contributed by atoms with E-state index in [2.05, 4.69) is 15.4 Å². The molecule has 1 aromatic rings. The maximum absolute atomic E-state index is 11.6. The minimum absolute atomic E-state index is 0.132. The number of amides is 1. The lowest BCUT2D eigenvalue weighted by molar-refractivity contribution is -0.148.